The maximum Gasteiger partial charge on any atom is 0.275 e. The van der Waals surface area contributed by atoms with Crippen molar-refractivity contribution in [2.24, 2.45) is 0 Å². The average Bonchev–Trinajstić information content (AvgIpc) is 2.51. The zero-order valence-corrected chi connectivity index (χ0v) is 12.8. The summed E-state index contributed by atoms with van der Waals surface area (Å²) in [6, 6.07) is 3.46. The first-order valence-corrected chi connectivity index (χ1v) is 7.25. The molecule has 0 radical (unpaired) electrons. The molecule has 0 aliphatic carbocycles. The topological polar surface area (TPSA) is 74.8 Å². The van der Waals surface area contributed by atoms with Crippen molar-refractivity contribution in [3.05, 3.63) is 35.4 Å². The summed E-state index contributed by atoms with van der Waals surface area (Å²) < 4.78 is 26.0. The number of nitrogens with two attached hydrogens (primary N) is 1. The molecule has 0 unspecified atom stereocenters. The van der Waals surface area contributed by atoms with Crippen LogP contribution in [0.3, 0.4) is 0 Å². The van der Waals surface area contributed by atoms with Gasteiger partial charge < -0.3 is 16.0 Å². The van der Waals surface area contributed by atoms with Gasteiger partial charge in [0.2, 0.25) is 5.91 Å². The molecule has 0 fully saturated rings. The van der Waals surface area contributed by atoms with E-state index >= 15 is 0 Å². The molecule has 7 heteroatoms. The van der Waals surface area contributed by atoms with Gasteiger partial charge in [-0.15, -0.1) is 0 Å². The number of quaternary nitrogens is 1. The Labute approximate surface area is 128 Å². The van der Waals surface area contributed by atoms with Gasteiger partial charge in [-0.05, 0) is 31.5 Å². The SMILES string of the molecule is CCCNC(=O)CNC(=O)C[NH2+][C@@H](C)c1ccc(F)c(F)c1. The zero-order valence-electron chi connectivity index (χ0n) is 12.8. The number of hydrogen-bond donors (Lipinski definition) is 3. The van der Waals surface area contributed by atoms with Crippen LogP contribution in [0, 0.1) is 11.6 Å². The molecule has 0 saturated carbocycles. The van der Waals surface area contributed by atoms with Crippen LogP contribution in [0.15, 0.2) is 18.2 Å². The van der Waals surface area contributed by atoms with E-state index in [0.717, 1.165) is 18.6 Å². The summed E-state index contributed by atoms with van der Waals surface area (Å²) in [6.45, 7) is 4.34. The standard InChI is InChI=1S/C15H21F2N3O2/c1-3-6-18-14(21)9-20-15(22)8-19-10(2)11-4-5-12(16)13(17)7-11/h4-5,7,10,19H,3,6,8-9H2,1-2H3,(H,18,21)(H,20,22)/p+1/t10-/m0/s1. The van der Waals surface area contributed by atoms with E-state index in [0.29, 0.717) is 12.1 Å². The number of halogens is 2. The Morgan fingerprint density at radius 1 is 1.18 bits per heavy atom. The Balaban J connectivity index is 2.34. The first-order chi connectivity index (χ1) is 10.4. The largest absolute Gasteiger partial charge is 0.355 e. The molecule has 0 spiro atoms. The quantitative estimate of drug-likeness (QED) is 0.643. The monoisotopic (exact) mass is 314 g/mol. The molecule has 0 saturated heterocycles. The second-order valence-electron chi connectivity index (χ2n) is 5.03. The molecule has 1 atom stereocenters. The molecular formula is C15H22F2N3O2+. The molecule has 0 aromatic heterocycles. The van der Waals surface area contributed by atoms with Crippen LogP contribution in [0.1, 0.15) is 31.9 Å². The fourth-order valence-corrected chi connectivity index (χ4v) is 1.79. The lowest BCUT2D eigenvalue weighted by Gasteiger charge is -2.11. The lowest BCUT2D eigenvalue weighted by atomic mass is 10.1. The van der Waals surface area contributed by atoms with Crippen LogP contribution >= 0.6 is 0 Å². The molecule has 5 nitrogen and oxygen atoms in total. The number of hydrogen-bond acceptors (Lipinski definition) is 2. The average molecular weight is 314 g/mol. The first kappa shape index (κ1) is 18.0. The van der Waals surface area contributed by atoms with E-state index in [1.54, 1.807) is 12.2 Å². The van der Waals surface area contributed by atoms with E-state index in [4.69, 9.17) is 0 Å². The third-order valence-corrected chi connectivity index (χ3v) is 3.14. The third kappa shape index (κ3) is 6.17. The van der Waals surface area contributed by atoms with Crippen molar-refractivity contribution in [2.75, 3.05) is 19.6 Å². The molecule has 0 aliphatic rings. The highest BCUT2D eigenvalue weighted by molar-refractivity contribution is 5.84. The van der Waals surface area contributed by atoms with Crippen molar-refractivity contribution in [2.45, 2.75) is 26.3 Å². The Hall–Kier alpha value is -2.02. The van der Waals surface area contributed by atoms with Crippen LogP contribution in [-0.2, 0) is 9.59 Å². The molecule has 2 amide bonds. The summed E-state index contributed by atoms with van der Waals surface area (Å²) in [4.78, 5) is 22.9. The summed E-state index contributed by atoms with van der Waals surface area (Å²) in [6.07, 6.45) is 0.833. The minimum atomic E-state index is -0.908. The van der Waals surface area contributed by atoms with Crippen LogP contribution < -0.4 is 16.0 Å². The molecule has 0 bridgehead atoms. The van der Waals surface area contributed by atoms with E-state index in [2.05, 4.69) is 10.6 Å². The third-order valence-electron chi connectivity index (χ3n) is 3.14. The predicted octanol–water partition coefficient (Wildman–Crippen LogP) is 0.232. The highest BCUT2D eigenvalue weighted by Crippen LogP contribution is 2.12. The molecule has 1 aromatic carbocycles. The van der Waals surface area contributed by atoms with E-state index in [1.807, 2.05) is 6.92 Å². The normalized spacial score (nSPS) is 11.8. The highest BCUT2D eigenvalue weighted by atomic mass is 19.2. The number of amides is 2. The van der Waals surface area contributed by atoms with Gasteiger partial charge in [0.05, 0.1) is 6.54 Å². The maximum atomic E-state index is 13.1. The van der Waals surface area contributed by atoms with Crippen molar-refractivity contribution >= 4 is 11.8 Å². The second kappa shape index (κ2) is 9.09. The van der Waals surface area contributed by atoms with Crippen molar-refractivity contribution in [1.82, 2.24) is 10.6 Å². The van der Waals surface area contributed by atoms with Crippen LogP contribution in [0.5, 0.6) is 0 Å². The minimum Gasteiger partial charge on any atom is -0.355 e. The lowest BCUT2D eigenvalue weighted by Crippen LogP contribution is -2.87. The molecule has 0 aliphatic heterocycles. The Morgan fingerprint density at radius 2 is 1.91 bits per heavy atom. The molecule has 22 heavy (non-hydrogen) atoms. The zero-order chi connectivity index (χ0) is 16.5. The number of carbonyl (C=O) groups excluding carboxylic acids is 2. The Bertz CT molecular complexity index is 524. The number of nitrogens with one attached hydrogen (secondary N) is 2. The van der Waals surface area contributed by atoms with Gasteiger partial charge in [-0.3, -0.25) is 9.59 Å². The highest BCUT2D eigenvalue weighted by Gasteiger charge is 2.14. The van der Waals surface area contributed by atoms with Crippen LogP contribution in [0.25, 0.3) is 0 Å². The lowest BCUT2D eigenvalue weighted by molar-refractivity contribution is -0.682. The van der Waals surface area contributed by atoms with Gasteiger partial charge in [0.1, 0.15) is 6.04 Å². The summed E-state index contributed by atoms with van der Waals surface area (Å²) in [7, 11) is 0. The van der Waals surface area contributed by atoms with Gasteiger partial charge in [-0.2, -0.15) is 0 Å². The number of benzene rings is 1. The molecule has 1 aromatic rings. The van der Waals surface area contributed by atoms with Gasteiger partial charge in [-0.25, -0.2) is 8.78 Å². The summed E-state index contributed by atoms with van der Waals surface area (Å²) in [5, 5.41) is 6.84. The molecular weight excluding hydrogens is 292 g/mol. The van der Waals surface area contributed by atoms with E-state index in [9.17, 15) is 18.4 Å². The van der Waals surface area contributed by atoms with Crippen LogP contribution in [0.4, 0.5) is 8.78 Å². The van der Waals surface area contributed by atoms with Crippen molar-refractivity contribution in [3.8, 4) is 0 Å². The van der Waals surface area contributed by atoms with Crippen molar-refractivity contribution in [1.29, 1.82) is 0 Å². The predicted molar refractivity (Wildman–Crippen MR) is 77.9 cm³/mol. The Morgan fingerprint density at radius 3 is 2.55 bits per heavy atom. The molecule has 122 valence electrons. The van der Waals surface area contributed by atoms with Crippen molar-refractivity contribution < 1.29 is 23.7 Å². The molecule has 4 N–H and O–H groups in total. The van der Waals surface area contributed by atoms with Gasteiger partial charge in [0, 0.05) is 12.1 Å². The Kier molecular flexibility index (Phi) is 7.45. The smallest absolute Gasteiger partial charge is 0.275 e. The van der Waals surface area contributed by atoms with Crippen LogP contribution in [-0.4, -0.2) is 31.4 Å². The molecule has 0 heterocycles. The van der Waals surface area contributed by atoms with Gasteiger partial charge in [-0.1, -0.05) is 6.92 Å². The van der Waals surface area contributed by atoms with Gasteiger partial charge >= 0.3 is 0 Å². The first-order valence-electron chi connectivity index (χ1n) is 7.25. The maximum absolute atomic E-state index is 13.1. The van der Waals surface area contributed by atoms with E-state index < -0.39 is 11.6 Å². The van der Waals surface area contributed by atoms with E-state index in [1.165, 1.54) is 6.07 Å². The second-order valence-corrected chi connectivity index (χ2v) is 5.03. The fourth-order valence-electron chi connectivity index (χ4n) is 1.79. The van der Waals surface area contributed by atoms with Crippen LogP contribution in [0.2, 0.25) is 0 Å². The van der Waals surface area contributed by atoms with Crippen molar-refractivity contribution in [3.63, 3.8) is 0 Å². The summed E-state index contributed by atoms with van der Waals surface area (Å²) in [5.41, 5.74) is 0.590. The summed E-state index contributed by atoms with van der Waals surface area (Å²) in [5.74, 6) is -2.33. The minimum absolute atomic E-state index is 0.0633. The van der Waals surface area contributed by atoms with Gasteiger partial charge in [0.15, 0.2) is 18.2 Å². The van der Waals surface area contributed by atoms with E-state index in [-0.39, 0.29) is 30.9 Å². The van der Waals surface area contributed by atoms with Gasteiger partial charge in [0.25, 0.3) is 5.91 Å². The fraction of sp³-hybridized carbons (Fsp3) is 0.467. The summed E-state index contributed by atoms with van der Waals surface area (Å²) >= 11 is 0. The number of rotatable bonds is 8. The molecule has 1 rings (SSSR count). The number of carbonyl (C=O) groups is 2.